The molecule has 2 aromatic rings. The molecular formula is C17H12Cl2N4O4S. The molecule has 0 spiro atoms. The number of carbonyl (C=O) groups is 2. The topological polar surface area (TPSA) is 113 Å². The molecule has 11 heteroatoms. The molecule has 0 aliphatic carbocycles. The molecule has 0 fully saturated rings. The molecule has 144 valence electrons. The van der Waals surface area contributed by atoms with Crippen molar-refractivity contribution in [1.82, 2.24) is 16.2 Å². The summed E-state index contributed by atoms with van der Waals surface area (Å²) < 4.78 is 0. The van der Waals surface area contributed by atoms with Crippen LogP contribution in [0.4, 0.5) is 5.69 Å². The SMILES string of the molecule is O=C(C=Cc1ccccc1Cl)NC(=S)NNC(=O)c1ccc(Cl)c([N+](=O)[O-])c1. The van der Waals surface area contributed by atoms with Crippen LogP contribution in [0.15, 0.2) is 48.5 Å². The molecule has 28 heavy (non-hydrogen) atoms. The van der Waals surface area contributed by atoms with Gasteiger partial charge in [-0.3, -0.25) is 35.9 Å². The molecule has 0 unspecified atom stereocenters. The van der Waals surface area contributed by atoms with Crippen molar-refractivity contribution in [1.29, 1.82) is 0 Å². The maximum atomic E-state index is 12.0. The van der Waals surface area contributed by atoms with Crippen molar-refractivity contribution in [2.24, 2.45) is 0 Å². The molecule has 0 saturated carbocycles. The number of thiocarbonyl (C=S) groups is 1. The third-order valence-corrected chi connectivity index (χ3v) is 4.12. The van der Waals surface area contributed by atoms with Crippen LogP contribution < -0.4 is 16.2 Å². The Kier molecular flexibility index (Phi) is 7.44. The van der Waals surface area contributed by atoms with Gasteiger partial charge in [0.15, 0.2) is 5.11 Å². The Morgan fingerprint density at radius 2 is 1.79 bits per heavy atom. The summed E-state index contributed by atoms with van der Waals surface area (Å²) in [5.74, 6) is -1.25. The number of hydrogen-bond acceptors (Lipinski definition) is 5. The smallest absolute Gasteiger partial charge is 0.288 e. The predicted molar refractivity (Wildman–Crippen MR) is 110 cm³/mol. The lowest BCUT2D eigenvalue weighted by Gasteiger charge is -2.10. The summed E-state index contributed by atoms with van der Waals surface area (Å²) in [6.45, 7) is 0. The van der Waals surface area contributed by atoms with E-state index in [2.05, 4.69) is 16.2 Å². The average Bonchev–Trinajstić information content (AvgIpc) is 2.65. The Labute approximate surface area is 174 Å². The van der Waals surface area contributed by atoms with E-state index in [4.69, 9.17) is 35.4 Å². The minimum absolute atomic E-state index is 0.0173. The fraction of sp³-hybridized carbons (Fsp3) is 0. The van der Waals surface area contributed by atoms with Crippen molar-refractivity contribution < 1.29 is 14.5 Å². The highest BCUT2D eigenvalue weighted by atomic mass is 35.5. The average molecular weight is 439 g/mol. The van der Waals surface area contributed by atoms with Gasteiger partial charge < -0.3 is 0 Å². The molecule has 0 aromatic heterocycles. The van der Waals surface area contributed by atoms with Crippen LogP contribution in [0.3, 0.4) is 0 Å². The third-order valence-electron chi connectivity index (χ3n) is 3.25. The Hall–Kier alpha value is -3.01. The summed E-state index contributed by atoms with van der Waals surface area (Å²) in [5, 5.41) is 13.4. The number of hydrogen-bond donors (Lipinski definition) is 3. The lowest BCUT2D eigenvalue weighted by molar-refractivity contribution is -0.384. The molecule has 2 rings (SSSR count). The first-order valence-corrected chi connectivity index (χ1v) is 8.72. The van der Waals surface area contributed by atoms with Gasteiger partial charge in [-0.2, -0.15) is 0 Å². The van der Waals surface area contributed by atoms with Crippen LogP contribution in [0, 0.1) is 10.1 Å². The van der Waals surface area contributed by atoms with Crippen LogP contribution >= 0.6 is 35.4 Å². The number of rotatable bonds is 4. The van der Waals surface area contributed by atoms with Crippen molar-refractivity contribution in [3.63, 3.8) is 0 Å². The van der Waals surface area contributed by atoms with Gasteiger partial charge in [0.2, 0.25) is 5.91 Å². The summed E-state index contributed by atoms with van der Waals surface area (Å²) in [5.41, 5.74) is 4.76. The highest BCUT2D eigenvalue weighted by Gasteiger charge is 2.16. The van der Waals surface area contributed by atoms with E-state index in [0.29, 0.717) is 10.6 Å². The number of hydrazine groups is 1. The Balaban J connectivity index is 1.89. The summed E-state index contributed by atoms with van der Waals surface area (Å²) >= 11 is 16.6. The molecule has 0 saturated heterocycles. The van der Waals surface area contributed by atoms with Crippen LogP contribution in [-0.4, -0.2) is 21.9 Å². The number of carbonyl (C=O) groups excluding carboxylic acids is 2. The number of nitrogens with one attached hydrogen (secondary N) is 3. The van der Waals surface area contributed by atoms with E-state index in [1.54, 1.807) is 24.3 Å². The highest BCUT2D eigenvalue weighted by molar-refractivity contribution is 7.80. The second-order valence-electron chi connectivity index (χ2n) is 5.18. The molecular weight excluding hydrogens is 427 g/mol. The van der Waals surface area contributed by atoms with E-state index in [0.717, 1.165) is 6.07 Å². The van der Waals surface area contributed by atoms with Crippen molar-refractivity contribution in [2.45, 2.75) is 0 Å². The Morgan fingerprint density at radius 1 is 1.07 bits per heavy atom. The van der Waals surface area contributed by atoms with E-state index in [-0.39, 0.29) is 15.7 Å². The maximum absolute atomic E-state index is 12.0. The molecule has 0 radical (unpaired) electrons. The summed E-state index contributed by atoms with van der Waals surface area (Å²) in [7, 11) is 0. The van der Waals surface area contributed by atoms with Gasteiger partial charge in [-0.05, 0) is 42.1 Å². The van der Waals surface area contributed by atoms with Gasteiger partial charge in [-0.15, -0.1) is 0 Å². The molecule has 0 heterocycles. The molecule has 8 nitrogen and oxygen atoms in total. The lowest BCUT2D eigenvalue weighted by atomic mass is 10.2. The normalized spacial score (nSPS) is 10.4. The molecule has 2 amide bonds. The van der Waals surface area contributed by atoms with Crippen LogP contribution in [0.1, 0.15) is 15.9 Å². The fourth-order valence-corrected chi connectivity index (χ4v) is 2.48. The lowest BCUT2D eigenvalue weighted by Crippen LogP contribution is -2.48. The zero-order chi connectivity index (χ0) is 20.7. The van der Waals surface area contributed by atoms with Crippen molar-refractivity contribution in [2.75, 3.05) is 0 Å². The first kappa shape index (κ1) is 21.3. The highest BCUT2D eigenvalue weighted by Crippen LogP contribution is 2.24. The molecule has 0 bridgehead atoms. The first-order valence-electron chi connectivity index (χ1n) is 7.56. The number of amides is 2. The fourth-order valence-electron chi connectivity index (χ4n) is 1.94. The minimum Gasteiger partial charge on any atom is -0.298 e. The molecule has 3 N–H and O–H groups in total. The maximum Gasteiger partial charge on any atom is 0.288 e. The van der Waals surface area contributed by atoms with Crippen LogP contribution in [-0.2, 0) is 4.79 Å². The van der Waals surface area contributed by atoms with E-state index in [1.807, 2.05) is 0 Å². The Morgan fingerprint density at radius 3 is 2.46 bits per heavy atom. The number of nitro groups is 1. The van der Waals surface area contributed by atoms with Crippen LogP contribution in [0.2, 0.25) is 10.0 Å². The number of nitrogens with zero attached hydrogens (tertiary/aromatic N) is 1. The van der Waals surface area contributed by atoms with E-state index in [9.17, 15) is 19.7 Å². The molecule has 0 atom stereocenters. The van der Waals surface area contributed by atoms with E-state index >= 15 is 0 Å². The summed E-state index contributed by atoms with van der Waals surface area (Å²) in [6, 6.07) is 10.5. The number of benzene rings is 2. The quantitative estimate of drug-likeness (QED) is 0.292. The van der Waals surface area contributed by atoms with E-state index < -0.39 is 22.4 Å². The van der Waals surface area contributed by atoms with E-state index in [1.165, 1.54) is 24.3 Å². The van der Waals surface area contributed by atoms with Gasteiger partial charge in [0, 0.05) is 22.7 Å². The van der Waals surface area contributed by atoms with Gasteiger partial charge in [0.1, 0.15) is 5.02 Å². The second-order valence-corrected chi connectivity index (χ2v) is 6.40. The number of halogens is 2. The second kappa shape index (κ2) is 9.79. The van der Waals surface area contributed by atoms with Gasteiger partial charge in [0.05, 0.1) is 4.92 Å². The zero-order valence-corrected chi connectivity index (χ0v) is 16.3. The van der Waals surface area contributed by atoms with Gasteiger partial charge in [0.25, 0.3) is 11.6 Å². The van der Waals surface area contributed by atoms with Crippen molar-refractivity contribution in [3.05, 3.63) is 79.8 Å². The van der Waals surface area contributed by atoms with Gasteiger partial charge in [-0.25, -0.2) is 0 Å². The van der Waals surface area contributed by atoms with Crippen molar-refractivity contribution in [3.8, 4) is 0 Å². The van der Waals surface area contributed by atoms with Crippen LogP contribution in [0.25, 0.3) is 6.08 Å². The first-order chi connectivity index (χ1) is 13.3. The molecule has 0 aliphatic rings. The van der Waals surface area contributed by atoms with Gasteiger partial charge in [-0.1, -0.05) is 41.4 Å². The third kappa shape index (κ3) is 6.02. The minimum atomic E-state index is -0.706. The standard InChI is InChI=1S/C17H12Cl2N4O4S/c18-12-4-2-1-3-10(12)6-8-15(24)20-17(28)22-21-16(25)11-5-7-13(19)14(9-11)23(26)27/h1-9H,(H,21,25)(H2,20,22,24,28). The summed E-state index contributed by atoms with van der Waals surface area (Å²) in [4.78, 5) is 34.0. The van der Waals surface area contributed by atoms with Crippen LogP contribution in [0.5, 0.6) is 0 Å². The van der Waals surface area contributed by atoms with Crippen molar-refractivity contribution >= 4 is 64.1 Å². The largest absolute Gasteiger partial charge is 0.298 e. The Bertz CT molecular complexity index is 981. The predicted octanol–water partition coefficient (Wildman–Crippen LogP) is 3.25. The van der Waals surface area contributed by atoms with Gasteiger partial charge >= 0.3 is 0 Å². The molecule has 2 aromatic carbocycles. The summed E-state index contributed by atoms with van der Waals surface area (Å²) in [6.07, 6.45) is 2.73. The molecule has 0 aliphatic heterocycles. The monoisotopic (exact) mass is 438 g/mol. The number of nitro benzene ring substituents is 1. The zero-order valence-electron chi connectivity index (χ0n) is 13.9.